The number of nitrogens with zero attached hydrogens (tertiary/aromatic N) is 1. The van der Waals surface area contributed by atoms with Crippen molar-refractivity contribution in [3.8, 4) is 5.40 Å². The zero-order valence-electron chi connectivity index (χ0n) is 6.25. The van der Waals surface area contributed by atoms with Crippen LogP contribution in [0.25, 0.3) is 0 Å². The molecule has 0 spiro atoms. The minimum absolute atomic E-state index is 0.265. The Kier molecular flexibility index (Phi) is 3.61. The van der Waals surface area contributed by atoms with Gasteiger partial charge in [-0.05, 0) is 41.6 Å². The molecule has 0 saturated heterocycles. The fourth-order valence-corrected chi connectivity index (χ4v) is 1.67. The lowest BCUT2D eigenvalue weighted by atomic mass is 10.2. The summed E-state index contributed by atoms with van der Waals surface area (Å²) >= 11 is 11.8. The first kappa shape index (κ1) is 10.4. The second-order valence-corrected chi connectivity index (χ2v) is 3.71. The highest BCUT2D eigenvalue weighted by atomic mass is 35.5. The molecule has 0 amide bonds. The van der Waals surface area contributed by atoms with Gasteiger partial charge in [0.2, 0.25) is 0 Å². The molecule has 0 fully saturated rings. The fourth-order valence-electron chi connectivity index (χ4n) is 0.794. The third-order valence-electron chi connectivity index (χ3n) is 1.31. The molecule has 66 valence electrons. The number of benzene rings is 1. The van der Waals surface area contributed by atoms with Crippen molar-refractivity contribution in [2.24, 2.45) is 0 Å². The van der Waals surface area contributed by atoms with Crippen molar-refractivity contribution < 1.29 is 4.79 Å². The fraction of sp³-hybridized carbons (Fsp3) is 0. The lowest BCUT2D eigenvalue weighted by molar-refractivity contribution is 0.107. The minimum Gasteiger partial charge on any atom is -0.276 e. The zero-order valence-corrected chi connectivity index (χ0v) is 8.58. The van der Waals surface area contributed by atoms with Crippen molar-refractivity contribution in [3.05, 3.63) is 28.8 Å². The molecule has 0 N–H and O–H groups in total. The Morgan fingerprint density at radius 3 is 2.77 bits per heavy atom. The summed E-state index contributed by atoms with van der Waals surface area (Å²) in [6.07, 6.45) is 0. The number of rotatable bonds is 2. The molecule has 0 heterocycles. The second-order valence-electron chi connectivity index (χ2n) is 2.11. The first-order valence-corrected chi connectivity index (χ1v) is 4.77. The summed E-state index contributed by atoms with van der Waals surface area (Å²) in [6.45, 7) is 0. The average molecular weight is 232 g/mol. The molecule has 0 bridgehead atoms. The molecule has 1 rings (SSSR count). The number of carbonyl (C=O) groups excluding carboxylic acids is 1. The van der Waals surface area contributed by atoms with Gasteiger partial charge in [-0.2, -0.15) is 5.26 Å². The number of carbonyl (C=O) groups is 1. The van der Waals surface area contributed by atoms with Crippen LogP contribution in [0.5, 0.6) is 0 Å². The summed E-state index contributed by atoms with van der Waals surface area (Å²) in [5, 5.41) is 10.1. The van der Waals surface area contributed by atoms with E-state index in [4.69, 9.17) is 28.5 Å². The van der Waals surface area contributed by atoms with Crippen LogP contribution in [-0.2, 0) is 0 Å². The summed E-state index contributed by atoms with van der Waals surface area (Å²) in [5.74, 6) is 0. The number of thiocyanates is 1. The Hall–Kier alpha value is -0.690. The zero-order chi connectivity index (χ0) is 9.84. The van der Waals surface area contributed by atoms with Gasteiger partial charge in [0, 0.05) is 9.92 Å². The number of nitriles is 1. The first-order chi connectivity index (χ1) is 6.15. The van der Waals surface area contributed by atoms with Crippen LogP contribution in [0.15, 0.2) is 23.1 Å². The summed E-state index contributed by atoms with van der Waals surface area (Å²) < 4.78 is 0. The molecule has 0 aliphatic heterocycles. The lowest BCUT2D eigenvalue weighted by Crippen LogP contribution is -1.91. The SMILES string of the molecule is N#CSc1ccc(Cl)cc1C(=O)Cl. The van der Waals surface area contributed by atoms with Gasteiger partial charge in [0.1, 0.15) is 5.40 Å². The maximum absolute atomic E-state index is 10.9. The molecular formula is C8H3Cl2NOS. The summed E-state index contributed by atoms with van der Waals surface area (Å²) in [6, 6.07) is 4.63. The monoisotopic (exact) mass is 231 g/mol. The van der Waals surface area contributed by atoms with Crippen molar-refractivity contribution in [2.75, 3.05) is 0 Å². The number of hydrogen-bond acceptors (Lipinski definition) is 3. The van der Waals surface area contributed by atoms with E-state index in [2.05, 4.69) is 0 Å². The predicted octanol–water partition coefficient (Wildman–Crippen LogP) is 3.29. The molecule has 0 radical (unpaired) electrons. The molecular weight excluding hydrogens is 229 g/mol. The molecule has 0 unspecified atom stereocenters. The van der Waals surface area contributed by atoms with Gasteiger partial charge in [0.15, 0.2) is 0 Å². The average Bonchev–Trinajstić information content (AvgIpc) is 2.08. The van der Waals surface area contributed by atoms with Gasteiger partial charge in [-0.15, -0.1) is 0 Å². The molecule has 0 saturated carbocycles. The van der Waals surface area contributed by atoms with Crippen LogP contribution in [0.2, 0.25) is 5.02 Å². The predicted molar refractivity (Wildman–Crippen MR) is 53.1 cm³/mol. The molecule has 5 heteroatoms. The Bertz CT molecular complexity index is 386. The van der Waals surface area contributed by atoms with E-state index in [1.807, 2.05) is 5.40 Å². The van der Waals surface area contributed by atoms with Crippen molar-refractivity contribution >= 4 is 40.2 Å². The van der Waals surface area contributed by atoms with E-state index in [-0.39, 0.29) is 5.56 Å². The molecule has 2 nitrogen and oxygen atoms in total. The first-order valence-electron chi connectivity index (χ1n) is 3.20. The number of hydrogen-bond donors (Lipinski definition) is 0. The van der Waals surface area contributed by atoms with Gasteiger partial charge in [-0.3, -0.25) is 4.79 Å². The van der Waals surface area contributed by atoms with E-state index in [0.29, 0.717) is 9.92 Å². The molecule has 0 atom stereocenters. The molecule has 1 aromatic carbocycles. The minimum atomic E-state index is -0.611. The maximum atomic E-state index is 10.9. The Balaban J connectivity index is 3.20. The van der Waals surface area contributed by atoms with Crippen LogP contribution in [0.1, 0.15) is 10.4 Å². The molecule has 0 aromatic heterocycles. The van der Waals surface area contributed by atoms with Gasteiger partial charge in [-0.25, -0.2) is 0 Å². The van der Waals surface area contributed by atoms with Crippen LogP contribution in [0.4, 0.5) is 0 Å². The second kappa shape index (κ2) is 4.52. The molecule has 1 aromatic rings. The standard InChI is InChI=1S/C8H3Cl2NOS/c9-5-1-2-7(13-4-11)6(3-5)8(10)12/h1-3H. The molecule has 0 aliphatic carbocycles. The van der Waals surface area contributed by atoms with Crippen molar-refractivity contribution in [3.63, 3.8) is 0 Å². The highest BCUT2D eigenvalue weighted by Crippen LogP contribution is 2.26. The summed E-state index contributed by atoms with van der Waals surface area (Å²) in [4.78, 5) is 11.4. The normalized spacial score (nSPS) is 9.31. The highest BCUT2D eigenvalue weighted by molar-refractivity contribution is 8.03. The Labute approximate surface area is 89.4 Å². The lowest BCUT2D eigenvalue weighted by Gasteiger charge is -2.00. The van der Waals surface area contributed by atoms with E-state index >= 15 is 0 Å². The quantitative estimate of drug-likeness (QED) is 0.446. The van der Waals surface area contributed by atoms with E-state index in [0.717, 1.165) is 11.8 Å². The molecule has 13 heavy (non-hydrogen) atoms. The topological polar surface area (TPSA) is 40.9 Å². The maximum Gasteiger partial charge on any atom is 0.253 e. The van der Waals surface area contributed by atoms with Gasteiger partial charge in [0.05, 0.1) is 5.56 Å². The smallest absolute Gasteiger partial charge is 0.253 e. The third-order valence-corrected chi connectivity index (χ3v) is 2.41. The molecule has 0 aliphatic rings. The van der Waals surface area contributed by atoms with Gasteiger partial charge < -0.3 is 0 Å². The van der Waals surface area contributed by atoms with Crippen LogP contribution in [-0.4, -0.2) is 5.24 Å². The van der Waals surface area contributed by atoms with E-state index in [9.17, 15) is 4.79 Å². The van der Waals surface area contributed by atoms with Crippen LogP contribution in [0, 0.1) is 10.7 Å². The summed E-state index contributed by atoms with van der Waals surface area (Å²) in [7, 11) is 0. The van der Waals surface area contributed by atoms with E-state index in [1.54, 1.807) is 12.1 Å². The summed E-state index contributed by atoms with van der Waals surface area (Å²) in [5.41, 5.74) is 0.265. The van der Waals surface area contributed by atoms with Crippen molar-refractivity contribution in [1.82, 2.24) is 0 Å². The van der Waals surface area contributed by atoms with Gasteiger partial charge in [-0.1, -0.05) is 11.6 Å². The number of halogens is 2. The number of thioether (sulfide) groups is 1. The van der Waals surface area contributed by atoms with Crippen LogP contribution >= 0.6 is 35.0 Å². The van der Waals surface area contributed by atoms with Gasteiger partial charge >= 0.3 is 0 Å². The van der Waals surface area contributed by atoms with Crippen LogP contribution < -0.4 is 0 Å². The van der Waals surface area contributed by atoms with Crippen molar-refractivity contribution in [1.29, 1.82) is 5.26 Å². The van der Waals surface area contributed by atoms with Crippen LogP contribution in [0.3, 0.4) is 0 Å². The Morgan fingerprint density at radius 1 is 1.54 bits per heavy atom. The Morgan fingerprint density at radius 2 is 2.23 bits per heavy atom. The largest absolute Gasteiger partial charge is 0.276 e. The van der Waals surface area contributed by atoms with Gasteiger partial charge in [0.25, 0.3) is 5.24 Å². The van der Waals surface area contributed by atoms with Crippen molar-refractivity contribution in [2.45, 2.75) is 4.90 Å². The van der Waals surface area contributed by atoms with E-state index in [1.165, 1.54) is 6.07 Å². The highest BCUT2D eigenvalue weighted by Gasteiger charge is 2.09. The van der Waals surface area contributed by atoms with E-state index < -0.39 is 5.24 Å². The third kappa shape index (κ3) is 2.63.